The summed E-state index contributed by atoms with van der Waals surface area (Å²) < 4.78 is 0. The number of nitrogens with one attached hydrogen (secondary N) is 2. The van der Waals surface area contributed by atoms with Crippen molar-refractivity contribution < 1.29 is 19.5 Å². The molecule has 0 aromatic heterocycles. The van der Waals surface area contributed by atoms with Crippen LogP contribution in [-0.4, -0.2) is 54.0 Å². The lowest BCUT2D eigenvalue weighted by Gasteiger charge is -2.34. The van der Waals surface area contributed by atoms with Crippen molar-refractivity contribution in [1.82, 2.24) is 10.2 Å². The van der Waals surface area contributed by atoms with E-state index in [0.717, 1.165) is 24.8 Å². The first-order chi connectivity index (χ1) is 16.3. The van der Waals surface area contributed by atoms with Gasteiger partial charge in [-0.25, -0.2) is 0 Å². The van der Waals surface area contributed by atoms with Gasteiger partial charge in [0.05, 0.1) is 22.5 Å². The summed E-state index contributed by atoms with van der Waals surface area (Å²) in [4.78, 5) is 42.0. The fourth-order valence-electron chi connectivity index (χ4n) is 5.43. The highest BCUT2D eigenvalue weighted by molar-refractivity contribution is 6.34. The molecular formula is C26H36ClN3O4. The minimum absolute atomic E-state index is 0.0426. The van der Waals surface area contributed by atoms with E-state index in [-0.39, 0.29) is 30.2 Å². The van der Waals surface area contributed by atoms with Gasteiger partial charge in [-0.05, 0) is 50.2 Å². The number of unbranched alkanes of at least 4 members (excludes halogenated alkanes) is 2. The molecule has 7 nitrogen and oxygen atoms in total. The molecule has 1 saturated heterocycles. The number of fused-ring (bicyclic) bond motifs is 1. The van der Waals surface area contributed by atoms with Gasteiger partial charge in [0.2, 0.25) is 17.7 Å². The maximum Gasteiger partial charge on any atom is 0.247 e. The topological polar surface area (TPSA) is 98.7 Å². The molecule has 1 aliphatic heterocycles. The lowest BCUT2D eigenvalue weighted by atomic mass is 9.68. The number of hydrogen-bond donors (Lipinski definition) is 3. The van der Waals surface area contributed by atoms with Gasteiger partial charge in [0, 0.05) is 26.1 Å². The maximum absolute atomic E-state index is 13.7. The summed E-state index contributed by atoms with van der Waals surface area (Å²) in [6.07, 6.45) is 7.76. The SMILES string of the molecule is CCC[C@@H]1C=C[C@H]2[C@@H](C(=O)N(CCCCCO)[C@@H]2C(=O)Nc2c(C)cccc2Cl)[C@@H]1C(=O)NC. The van der Waals surface area contributed by atoms with Crippen molar-refractivity contribution in [2.24, 2.45) is 23.7 Å². The number of anilines is 1. The van der Waals surface area contributed by atoms with Crippen LogP contribution in [-0.2, 0) is 14.4 Å². The predicted octanol–water partition coefficient (Wildman–Crippen LogP) is 3.54. The molecule has 1 fully saturated rings. The smallest absolute Gasteiger partial charge is 0.247 e. The number of aliphatic hydroxyl groups excluding tert-OH is 1. The van der Waals surface area contributed by atoms with E-state index in [9.17, 15) is 14.4 Å². The molecule has 0 spiro atoms. The molecule has 0 radical (unpaired) electrons. The highest BCUT2D eigenvalue weighted by Crippen LogP contribution is 2.45. The third kappa shape index (κ3) is 5.31. The Kier molecular flexibility index (Phi) is 9.14. The van der Waals surface area contributed by atoms with Crippen LogP contribution in [0.4, 0.5) is 5.69 Å². The minimum atomic E-state index is -0.728. The average Bonchev–Trinajstić information content (AvgIpc) is 3.10. The number of carbonyl (C=O) groups is 3. The van der Waals surface area contributed by atoms with Crippen LogP contribution < -0.4 is 10.6 Å². The van der Waals surface area contributed by atoms with Crippen LogP contribution in [0.25, 0.3) is 0 Å². The molecule has 3 amide bonds. The first-order valence-corrected chi connectivity index (χ1v) is 12.6. The van der Waals surface area contributed by atoms with Crippen LogP contribution in [0.15, 0.2) is 30.4 Å². The quantitative estimate of drug-likeness (QED) is 0.346. The molecule has 1 aliphatic carbocycles. The largest absolute Gasteiger partial charge is 0.396 e. The summed E-state index contributed by atoms with van der Waals surface area (Å²) in [5, 5.41) is 15.3. The number of rotatable bonds is 10. The second kappa shape index (κ2) is 11.8. The summed E-state index contributed by atoms with van der Waals surface area (Å²) in [6.45, 7) is 4.43. The Balaban J connectivity index is 1.96. The number of amides is 3. The van der Waals surface area contributed by atoms with Crippen LogP contribution in [0.2, 0.25) is 5.02 Å². The second-order valence-corrected chi connectivity index (χ2v) is 9.67. The van der Waals surface area contributed by atoms with Crippen LogP contribution >= 0.6 is 11.6 Å². The van der Waals surface area contributed by atoms with Gasteiger partial charge in [0.15, 0.2) is 0 Å². The molecule has 2 aliphatic rings. The molecule has 0 unspecified atom stereocenters. The summed E-state index contributed by atoms with van der Waals surface area (Å²) in [7, 11) is 1.59. The lowest BCUT2D eigenvalue weighted by Crippen LogP contribution is -2.45. The number of benzene rings is 1. The number of likely N-dealkylation sites (tertiary alicyclic amines) is 1. The molecule has 186 valence electrons. The number of nitrogens with zero attached hydrogens (tertiary/aromatic N) is 1. The number of halogens is 1. The van der Waals surface area contributed by atoms with Gasteiger partial charge in [-0.15, -0.1) is 0 Å². The van der Waals surface area contributed by atoms with E-state index in [1.54, 1.807) is 18.0 Å². The molecule has 34 heavy (non-hydrogen) atoms. The standard InChI is InChI=1S/C26H36ClN3O4/c1-4-9-17-12-13-18-21(20(17)24(32)28-3)26(34)30(14-6-5-7-15-31)23(18)25(33)29-22-16(2)10-8-11-19(22)27/h8,10-13,17-18,20-21,23,31H,4-7,9,14-15H2,1-3H3,(H,28,32)(H,29,33)/t17-,18+,20-,21-,23+/m1/s1. The van der Waals surface area contributed by atoms with Gasteiger partial charge in [-0.3, -0.25) is 14.4 Å². The molecule has 0 bridgehead atoms. The predicted molar refractivity (Wildman–Crippen MR) is 133 cm³/mol. The molecule has 3 N–H and O–H groups in total. The van der Waals surface area contributed by atoms with Crippen LogP contribution in [0.1, 0.15) is 44.6 Å². The van der Waals surface area contributed by atoms with Crippen molar-refractivity contribution in [1.29, 1.82) is 0 Å². The Labute approximate surface area is 206 Å². The maximum atomic E-state index is 13.7. The molecule has 1 aromatic carbocycles. The Morgan fingerprint density at radius 2 is 1.91 bits per heavy atom. The molecule has 1 aromatic rings. The van der Waals surface area contributed by atoms with Crippen LogP contribution in [0.5, 0.6) is 0 Å². The molecule has 1 heterocycles. The summed E-state index contributed by atoms with van der Waals surface area (Å²) in [5.74, 6) is -2.14. The van der Waals surface area contributed by atoms with E-state index in [4.69, 9.17) is 16.7 Å². The lowest BCUT2D eigenvalue weighted by molar-refractivity contribution is -0.140. The zero-order chi connectivity index (χ0) is 24.8. The number of hydrogen-bond acceptors (Lipinski definition) is 4. The highest BCUT2D eigenvalue weighted by Gasteiger charge is 2.56. The molecular weight excluding hydrogens is 454 g/mol. The zero-order valence-corrected chi connectivity index (χ0v) is 21.0. The fourth-order valence-corrected chi connectivity index (χ4v) is 5.70. The molecule has 8 heteroatoms. The number of carbonyl (C=O) groups excluding carboxylic acids is 3. The van der Waals surface area contributed by atoms with E-state index >= 15 is 0 Å². The Morgan fingerprint density at radius 3 is 2.56 bits per heavy atom. The van der Waals surface area contributed by atoms with E-state index in [1.165, 1.54) is 0 Å². The molecule has 5 atom stereocenters. The van der Waals surface area contributed by atoms with Crippen molar-refractivity contribution in [2.75, 3.05) is 25.5 Å². The van der Waals surface area contributed by atoms with Crippen molar-refractivity contribution in [3.05, 3.63) is 40.9 Å². The Bertz CT molecular complexity index is 914. The van der Waals surface area contributed by atoms with E-state index in [2.05, 4.69) is 17.6 Å². The van der Waals surface area contributed by atoms with Crippen LogP contribution in [0.3, 0.4) is 0 Å². The first kappa shape index (κ1) is 26.2. The van der Waals surface area contributed by atoms with Gasteiger partial charge in [0.1, 0.15) is 6.04 Å². The summed E-state index contributed by atoms with van der Waals surface area (Å²) >= 11 is 6.35. The Hall–Kier alpha value is -2.38. The van der Waals surface area contributed by atoms with Gasteiger partial charge in [-0.2, -0.15) is 0 Å². The first-order valence-electron chi connectivity index (χ1n) is 12.2. The van der Waals surface area contributed by atoms with Crippen molar-refractivity contribution >= 4 is 35.0 Å². The molecule has 3 rings (SSSR count). The summed E-state index contributed by atoms with van der Waals surface area (Å²) in [6, 6.07) is 4.68. The third-order valence-electron chi connectivity index (χ3n) is 7.08. The van der Waals surface area contributed by atoms with Crippen LogP contribution in [0, 0.1) is 30.6 Å². The summed E-state index contributed by atoms with van der Waals surface area (Å²) in [5.41, 5.74) is 1.37. The fraction of sp³-hybridized carbons (Fsp3) is 0.577. The van der Waals surface area contributed by atoms with Gasteiger partial charge >= 0.3 is 0 Å². The number of aliphatic hydroxyl groups is 1. The van der Waals surface area contributed by atoms with Crippen molar-refractivity contribution in [3.63, 3.8) is 0 Å². The monoisotopic (exact) mass is 489 g/mol. The Morgan fingerprint density at radius 1 is 1.15 bits per heavy atom. The van der Waals surface area contributed by atoms with E-state index in [0.29, 0.717) is 30.1 Å². The number of aryl methyl sites for hydroxylation is 1. The van der Waals surface area contributed by atoms with Crippen molar-refractivity contribution in [2.45, 2.75) is 52.0 Å². The van der Waals surface area contributed by atoms with Gasteiger partial charge in [0.25, 0.3) is 0 Å². The van der Waals surface area contributed by atoms with E-state index in [1.807, 2.05) is 31.2 Å². The van der Waals surface area contributed by atoms with Gasteiger partial charge < -0.3 is 20.6 Å². The number of para-hydroxylation sites is 1. The second-order valence-electron chi connectivity index (χ2n) is 9.26. The molecule has 0 saturated carbocycles. The highest BCUT2D eigenvalue weighted by atomic mass is 35.5. The van der Waals surface area contributed by atoms with E-state index < -0.39 is 23.8 Å². The normalized spacial score (nSPS) is 25.9. The van der Waals surface area contributed by atoms with Crippen molar-refractivity contribution in [3.8, 4) is 0 Å². The van der Waals surface area contributed by atoms with Gasteiger partial charge in [-0.1, -0.05) is 49.2 Å². The zero-order valence-electron chi connectivity index (χ0n) is 20.2. The third-order valence-corrected chi connectivity index (χ3v) is 7.39. The average molecular weight is 490 g/mol. The minimum Gasteiger partial charge on any atom is -0.396 e. The number of allylic oxidation sites excluding steroid dienone is 1.